The average molecular weight is 533 g/mol. The number of hydrogen-bond donors (Lipinski definition) is 1. The molecule has 2 N–H and O–H groups in total. The Labute approximate surface area is 182 Å². The number of imidazole rings is 1. The van der Waals surface area contributed by atoms with Gasteiger partial charge in [-0.05, 0) is 33.1 Å². The Bertz CT molecular complexity index is 1040. The van der Waals surface area contributed by atoms with E-state index < -0.39 is 13.2 Å². The van der Waals surface area contributed by atoms with Gasteiger partial charge in [-0.3, -0.25) is 4.57 Å². The van der Waals surface area contributed by atoms with Crippen LogP contribution < -0.4 is 5.73 Å². The summed E-state index contributed by atoms with van der Waals surface area (Å²) in [6, 6.07) is -0.0153. The maximum atomic E-state index is 13.1. The molecule has 2 aromatic rings. The minimum Gasteiger partial charge on any atom is -0.382 e. The van der Waals surface area contributed by atoms with Gasteiger partial charge in [-0.1, -0.05) is 0 Å². The van der Waals surface area contributed by atoms with Crippen LogP contribution in [0, 0.1) is 15.2 Å². The first kappa shape index (κ1) is 20.1. The Kier molecular flexibility index (Phi) is 4.40. The van der Waals surface area contributed by atoms with Crippen LogP contribution in [0.2, 0.25) is 0 Å². The first-order valence-electron chi connectivity index (χ1n) is 9.79. The molecule has 3 heterocycles. The lowest BCUT2D eigenvalue weighted by Crippen LogP contribution is -2.33. The van der Waals surface area contributed by atoms with Crippen LogP contribution in [0.1, 0.15) is 33.2 Å². The summed E-state index contributed by atoms with van der Waals surface area (Å²) in [5, 5.41) is 0. The Morgan fingerprint density at radius 1 is 1.41 bits per heavy atom. The quantitative estimate of drug-likeness (QED) is 0.355. The van der Waals surface area contributed by atoms with E-state index >= 15 is 0 Å². The molecule has 6 atom stereocenters. The zero-order valence-electron chi connectivity index (χ0n) is 16.8. The third kappa shape index (κ3) is 3.05. The van der Waals surface area contributed by atoms with Crippen molar-refractivity contribution in [3.05, 3.63) is 10.2 Å². The molecule has 1 saturated heterocycles. The predicted octanol–water partition coefficient (Wildman–Crippen LogP) is 3.04. The predicted molar refractivity (Wildman–Crippen MR) is 116 cm³/mol. The number of aromatic nitrogens is 4. The second-order valence-electron chi connectivity index (χ2n) is 8.85. The number of ether oxygens (including phenoxy) is 2. The van der Waals surface area contributed by atoms with E-state index in [0.29, 0.717) is 33.6 Å². The lowest BCUT2D eigenvalue weighted by Gasteiger charge is -2.25. The maximum Gasteiger partial charge on any atom is 0.200 e. The van der Waals surface area contributed by atoms with Gasteiger partial charge in [-0.15, -0.1) is 0 Å². The molecule has 0 spiro atoms. The number of anilines is 1. The molecule has 3 aliphatic rings. The second-order valence-corrected chi connectivity index (χ2v) is 12.4. The number of fused-ring (bicyclic) bond motifs is 4. The Hall–Kier alpha value is -0.810. The second kappa shape index (κ2) is 6.35. The van der Waals surface area contributed by atoms with Crippen molar-refractivity contribution >= 4 is 46.9 Å². The number of nitrogen functional groups attached to an aromatic ring is 1. The molecule has 29 heavy (non-hydrogen) atoms. The molecular formula is C18H25IN5O4P. The van der Waals surface area contributed by atoms with E-state index in [0.717, 1.165) is 6.42 Å². The van der Waals surface area contributed by atoms with E-state index in [4.69, 9.17) is 19.7 Å². The highest BCUT2D eigenvalue weighted by Crippen LogP contribution is 2.75. The molecule has 3 fully saturated rings. The van der Waals surface area contributed by atoms with Gasteiger partial charge in [0.1, 0.15) is 11.6 Å². The molecular weight excluding hydrogens is 508 g/mol. The van der Waals surface area contributed by atoms with Crippen LogP contribution in [0.5, 0.6) is 0 Å². The van der Waals surface area contributed by atoms with Crippen molar-refractivity contribution in [2.75, 3.05) is 25.2 Å². The highest BCUT2D eigenvalue weighted by atomic mass is 127. The number of nitrogens with two attached hydrogens (primary N) is 1. The standard InChI is InChI=1S/C18H25IN5O4P/c1-5-26-29(4,25)7-18-6-9(18)11(12-13(18)28-17(2,3)27-12)24-8-21-10-14(20)22-16(19)23-15(10)24/h8-9,11-13H,5-7H2,1-4H3,(H2,20,22,23)/t9-,11-,12+,13+,18-,29?/m1/s1. The van der Waals surface area contributed by atoms with Crippen molar-refractivity contribution < 1.29 is 18.6 Å². The lowest BCUT2D eigenvalue weighted by molar-refractivity contribution is -0.160. The van der Waals surface area contributed by atoms with Gasteiger partial charge in [-0.25, -0.2) is 15.0 Å². The van der Waals surface area contributed by atoms with Crippen LogP contribution in [0.3, 0.4) is 0 Å². The molecule has 0 amide bonds. The fourth-order valence-electron chi connectivity index (χ4n) is 5.46. The van der Waals surface area contributed by atoms with Crippen molar-refractivity contribution in [2.24, 2.45) is 11.3 Å². The monoisotopic (exact) mass is 533 g/mol. The molecule has 0 aromatic carbocycles. The molecule has 158 valence electrons. The molecule has 11 heteroatoms. The maximum absolute atomic E-state index is 13.1. The van der Waals surface area contributed by atoms with E-state index in [1.165, 1.54) is 0 Å². The molecule has 2 aliphatic carbocycles. The summed E-state index contributed by atoms with van der Waals surface area (Å²) in [6.07, 6.45) is 2.87. The summed E-state index contributed by atoms with van der Waals surface area (Å²) in [5.41, 5.74) is 7.14. The van der Waals surface area contributed by atoms with Crippen molar-refractivity contribution in [1.82, 2.24) is 19.5 Å². The first-order chi connectivity index (χ1) is 13.6. The largest absolute Gasteiger partial charge is 0.382 e. The summed E-state index contributed by atoms with van der Waals surface area (Å²) < 4.78 is 34.0. The van der Waals surface area contributed by atoms with Gasteiger partial charge < -0.3 is 24.3 Å². The molecule has 5 rings (SSSR count). The van der Waals surface area contributed by atoms with Crippen molar-refractivity contribution in [2.45, 2.75) is 51.2 Å². The van der Waals surface area contributed by atoms with Crippen molar-refractivity contribution in [3.8, 4) is 0 Å². The van der Waals surface area contributed by atoms with E-state index in [1.54, 1.807) is 13.0 Å². The summed E-state index contributed by atoms with van der Waals surface area (Å²) >= 11 is 2.06. The molecule has 2 aromatic heterocycles. The molecule has 0 bridgehead atoms. The number of nitrogens with zero attached hydrogens (tertiary/aromatic N) is 4. The normalized spacial score (nSPS) is 36.7. The molecule has 1 unspecified atom stereocenters. The zero-order valence-corrected chi connectivity index (χ0v) is 19.9. The zero-order chi connectivity index (χ0) is 20.8. The van der Waals surface area contributed by atoms with Gasteiger partial charge in [0.2, 0.25) is 7.37 Å². The minimum absolute atomic E-state index is 0.0153. The van der Waals surface area contributed by atoms with Crippen LogP contribution in [-0.4, -0.2) is 56.9 Å². The third-order valence-corrected chi connectivity index (χ3v) is 8.80. The van der Waals surface area contributed by atoms with Gasteiger partial charge in [0.15, 0.2) is 21.1 Å². The average Bonchev–Trinajstić information content (AvgIpc) is 2.87. The number of hydrogen-bond acceptors (Lipinski definition) is 8. The van der Waals surface area contributed by atoms with Crippen LogP contribution in [0.15, 0.2) is 6.33 Å². The smallest absolute Gasteiger partial charge is 0.200 e. The van der Waals surface area contributed by atoms with E-state index in [-0.39, 0.29) is 29.6 Å². The Morgan fingerprint density at radius 3 is 2.90 bits per heavy atom. The van der Waals surface area contributed by atoms with Gasteiger partial charge in [0.25, 0.3) is 0 Å². The summed E-state index contributed by atoms with van der Waals surface area (Å²) in [5.74, 6) is -0.0716. The lowest BCUT2D eigenvalue weighted by atomic mass is 10.0. The highest BCUT2D eigenvalue weighted by molar-refractivity contribution is 14.1. The summed E-state index contributed by atoms with van der Waals surface area (Å²) in [7, 11) is -2.73. The molecule has 0 radical (unpaired) electrons. The Balaban J connectivity index is 1.58. The van der Waals surface area contributed by atoms with Crippen LogP contribution in [0.25, 0.3) is 11.2 Å². The van der Waals surface area contributed by atoms with Gasteiger partial charge in [0, 0.05) is 40.8 Å². The molecule has 9 nitrogen and oxygen atoms in total. The summed E-state index contributed by atoms with van der Waals surface area (Å²) in [6.45, 7) is 7.90. The molecule has 1 aliphatic heterocycles. The van der Waals surface area contributed by atoms with Crippen LogP contribution in [-0.2, 0) is 18.6 Å². The van der Waals surface area contributed by atoms with E-state index in [2.05, 4.69) is 42.1 Å². The molecule has 2 saturated carbocycles. The fraction of sp³-hybridized carbons (Fsp3) is 0.722. The minimum atomic E-state index is -2.73. The van der Waals surface area contributed by atoms with Crippen molar-refractivity contribution in [1.29, 1.82) is 0 Å². The fourth-order valence-corrected chi connectivity index (χ4v) is 8.20. The SMILES string of the molecule is CCOP(C)(=O)C[C@]12C[C@@H]1[C@@H](n1cnc3c(N)nc(I)nc31)[C@@H]1OC(C)(C)O[C@@H]12. The highest BCUT2D eigenvalue weighted by Gasteiger charge is 2.76. The van der Waals surface area contributed by atoms with Crippen molar-refractivity contribution in [3.63, 3.8) is 0 Å². The topological polar surface area (TPSA) is 114 Å². The van der Waals surface area contributed by atoms with Crippen LogP contribution in [0.4, 0.5) is 5.82 Å². The van der Waals surface area contributed by atoms with E-state index in [1.807, 2.05) is 20.8 Å². The van der Waals surface area contributed by atoms with Crippen LogP contribution >= 0.6 is 30.0 Å². The van der Waals surface area contributed by atoms with Gasteiger partial charge >= 0.3 is 0 Å². The van der Waals surface area contributed by atoms with E-state index in [9.17, 15) is 4.57 Å². The van der Waals surface area contributed by atoms with Gasteiger partial charge in [-0.2, -0.15) is 0 Å². The number of halogens is 1. The number of rotatable bonds is 5. The Morgan fingerprint density at radius 2 is 2.17 bits per heavy atom. The summed E-state index contributed by atoms with van der Waals surface area (Å²) in [4.78, 5) is 13.3. The third-order valence-electron chi connectivity index (χ3n) is 6.35. The van der Waals surface area contributed by atoms with Gasteiger partial charge in [0.05, 0.1) is 25.1 Å². The first-order valence-corrected chi connectivity index (χ1v) is 13.1.